The molecule has 0 aliphatic carbocycles. The minimum atomic E-state index is 0.0919. The molecule has 0 N–H and O–H groups in total. The third-order valence-corrected chi connectivity index (χ3v) is 4.95. The lowest BCUT2D eigenvalue weighted by atomic mass is 9.98. The van der Waals surface area contributed by atoms with Crippen LogP contribution in [0.2, 0.25) is 5.02 Å². The Morgan fingerprint density at radius 3 is 2.06 bits per heavy atom. The highest BCUT2D eigenvalue weighted by Gasteiger charge is 2.23. The van der Waals surface area contributed by atoms with Crippen molar-refractivity contribution >= 4 is 27.5 Å². The summed E-state index contributed by atoms with van der Waals surface area (Å²) in [7, 11) is 5.73. The number of methoxy groups -OCH3 is 1. The summed E-state index contributed by atoms with van der Waals surface area (Å²) in [6.07, 6.45) is 0. The van der Waals surface area contributed by atoms with Crippen molar-refractivity contribution in [2.24, 2.45) is 0 Å². The van der Waals surface area contributed by atoms with E-state index in [1.165, 1.54) is 0 Å². The monoisotopic (exact) mass is 319 g/mol. The van der Waals surface area contributed by atoms with Gasteiger partial charge in [-0.2, -0.15) is 0 Å². The van der Waals surface area contributed by atoms with Gasteiger partial charge in [-0.15, -0.1) is 0 Å². The largest absolute Gasteiger partial charge is 0.496 e. The molecular formula is C13H19BrClNO. The minimum Gasteiger partial charge on any atom is -0.496 e. The number of ether oxygens (including phenoxy) is 1. The molecule has 4 heteroatoms. The molecule has 1 aromatic rings. The van der Waals surface area contributed by atoms with Gasteiger partial charge in [-0.25, -0.2) is 0 Å². The molecule has 0 fully saturated rings. The van der Waals surface area contributed by atoms with Gasteiger partial charge in [0.1, 0.15) is 5.75 Å². The van der Waals surface area contributed by atoms with Gasteiger partial charge >= 0.3 is 0 Å². The molecule has 1 rings (SSSR count). The third-order valence-electron chi connectivity index (χ3n) is 3.11. The first-order valence-electron chi connectivity index (χ1n) is 5.46. The van der Waals surface area contributed by atoms with Gasteiger partial charge in [0.25, 0.3) is 0 Å². The Morgan fingerprint density at radius 1 is 1.12 bits per heavy atom. The minimum absolute atomic E-state index is 0.0919. The zero-order valence-corrected chi connectivity index (χ0v) is 13.5. The molecule has 0 aliphatic rings. The van der Waals surface area contributed by atoms with Gasteiger partial charge in [-0.3, -0.25) is 4.90 Å². The quantitative estimate of drug-likeness (QED) is 0.610. The SMILES string of the molecule is COc1c(C)c(C)c(Cl)c(C)c1C(Br)N(C)C. The summed E-state index contributed by atoms with van der Waals surface area (Å²) in [5, 5.41) is 0.824. The van der Waals surface area contributed by atoms with E-state index in [0.717, 1.165) is 33.0 Å². The highest BCUT2D eigenvalue weighted by molar-refractivity contribution is 9.09. The average Bonchev–Trinajstić information content (AvgIpc) is 2.29. The van der Waals surface area contributed by atoms with Crippen LogP contribution in [-0.4, -0.2) is 26.1 Å². The fraction of sp³-hybridized carbons (Fsp3) is 0.538. The van der Waals surface area contributed by atoms with E-state index in [4.69, 9.17) is 16.3 Å². The molecule has 1 atom stereocenters. The fourth-order valence-corrected chi connectivity index (χ4v) is 2.71. The number of hydrogen-bond donors (Lipinski definition) is 0. The van der Waals surface area contributed by atoms with Crippen molar-refractivity contribution in [1.29, 1.82) is 0 Å². The van der Waals surface area contributed by atoms with Crippen LogP contribution in [0.3, 0.4) is 0 Å². The lowest BCUT2D eigenvalue weighted by Crippen LogP contribution is -2.17. The summed E-state index contributed by atoms with van der Waals surface area (Å²) in [5.74, 6) is 0.917. The van der Waals surface area contributed by atoms with E-state index in [-0.39, 0.29) is 4.95 Å². The van der Waals surface area contributed by atoms with Crippen LogP contribution in [0.4, 0.5) is 0 Å². The van der Waals surface area contributed by atoms with E-state index in [1.54, 1.807) is 7.11 Å². The van der Waals surface area contributed by atoms with E-state index in [9.17, 15) is 0 Å². The van der Waals surface area contributed by atoms with Crippen LogP contribution in [0.5, 0.6) is 5.75 Å². The Hall–Kier alpha value is -0.250. The van der Waals surface area contributed by atoms with Gasteiger partial charge in [0.05, 0.1) is 12.1 Å². The summed E-state index contributed by atoms with van der Waals surface area (Å²) >= 11 is 10.0. The van der Waals surface area contributed by atoms with Crippen molar-refractivity contribution in [3.63, 3.8) is 0 Å². The molecule has 2 nitrogen and oxygen atoms in total. The van der Waals surface area contributed by atoms with Gasteiger partial charge < -0.3 is 4.74 Å². The maximum absolute atomic E-state index is 6.37. The number of nitrogens with zero attached hydrogens (tertiary/aromatic N) is 1. The molecule has 0 saturated heterocycles. The van der Waals surface area contributed by atoms with Crippen LogP contribution in [0.25, 0.3) is 0 Å². The third kappa shape index (κ3) is 2.61. The number of alkyl halides is 1. The lowest BCUT2D eigenvalue weighted by Gasteiger charge is -2.25. The number of halogens is 2. The zero-order valence-electron chi connectivity index (χ0n) is 11.2. The summed E-state index contributed by atoms with van der Waals surface area (Å²) in [4.78, 5) is 2.17. The van der Waals surface area contributed by atoms with Crippen molar-refractivity contribution in [2.45, 2.75) is 25.7 Å². The molecule has 0 radical (unpaired) electrons. The van der Waals surface area contributed by atoms with Crippen LogP contribution in [0.15, 0.2) is 0 Å². The van der Waals surface area contributed by atoms with Gasteiger partial charge in [0.2, 0.25) is 0 Å². The van der Waals surface area contributed by atoms with E-state index in [0.29, 0.717) is 0 Å². The summed E-state index contributed by atoms with van der Waals surface area (Å²) in [6.45, 7) is 6.10. The van der Waals surface area contributed by atoms with Crippen molar-refractivity contribution in [1.82, 2.24) is 4.90 Å². The van der Waals surface area contributed by atoms with Gasteiger partial charge in [0, 0.05) is 10.6 Å². The summed E-state index contributed by atoms with van der Waals surface area (Å²) in [6, 6.07) is 0. The molecule has 0 aromatic heterocycles. The molecule has 17 heavy (non-hydrogen) atoms. The molecule has 1 unspecified atom stereocenters. The second kappa shape index (κ2) is 5.59. The van der Waals surface area contributed by atoms with Crippen molar-refractivity contribution < 1.29 is 4.74 Å². The average molecular weight is 321 g/mol. The molecule has 0 bridgehead atoms. The molecule has 1 aromatic carbocycles. The second-order valence-electron chi connectivity index (χ2n) is 4.44. The number of hydrogen-bond acceptors (Lipinski definition) is 2. The van der Waals surface area contributed by atoms with E-state index in [2.05, 4.69) is 20.8 Å². The Labute approximate surface area is 117 Å². The first-order chi connectivity index (χ1) is 7.82. The summed E-state index contributed by atoms with van der Waals surface area (Å²) in [5.41, 5.74) is 4.36. The van der Waals surface area contributed by atoms with Crippen LogP contribution in [0, 0.1) is 20.8 Å². The maximum Gasteiger partial charge on any atom is 0.128 e. The first kappa shape index (κ1) is 14.8. The number of benzene rings is 1. The normalized spacial score (nSPS) is 13.0. The molecular weight excluding hydrogens is 302 g/mol. The summed E-state index contributed by atoms with van der Waals surface area (Å²) < 4.78 is 5.55. The smallest absolute Gasteiger partial charge is 0.128 e. The van der Waals surface area contributed by atoms with E-state index in [1.807, 2.05) is 34.9 Å². The van der Waals surface area contributed by atoms with Gasteiger partial charge in [-0.1, -0.05) is 27.5 Å². The predicted molar refractivity (Wildman–Crippen MR) is 77.6 cm³/mol. The molecule has 0 heterocycles. The van der Waals surface area contributed by atoms with Crippen molar-refractivity contribution in [3.8, 4) is 5.75 Å². The molecule has 96 valence electrons. The topological polar surface area (TPSA) is 12.5 Å². The van der Waals surface area contributed by atoms with Crippen LogP contribution < -0.4 is 4.74 Å². The maximum atomic E-state index is 6.37. The van der Waals surface area contributed by atoms with Crippen LogP contribution in [0.1, 0.15) is 27.2 Å². The zero-order chi connectivity index (χ0) is 13.3. The van der Waals surface area contributed by atoms with E-state index >= 15 is 0 Å². The Kier molecular flexibility index (Phi) is 4.87. The lowest BCUT2D eigenvalue weighted by molar-refractivity contribution is 0.366. The van der Waals surface area contributed by atoms with E-state index < -0.39 is 0 Å². The highest BCUT2D eigenvalue weighted by Crippen LogP contribution is 2.42. The second-order valence-corrected chi connectivity index (χ2v) is 5.68. The molecule has 0 amide bonds. The van der Waals surface area contributed by atoms with Crippen LogP contribution >= 0.6 is 27.5 Å². The van der Waals surface area contributed by atoms with Crippen molar-refractivity contribution in [2.75, 3.05) is 21.2 Å². The fourth-order valence-electron chi connectivity index (χ4n) is 1.91. The Bertz CT molecular complexity index is 432. The van der Waals surface area contributed by atoms with Crippen LogP contribution in [-0.2, 0) is 0 Å². The van der Waals surface area contributed by atoms with Gasteiger partial charge in [0.15, 0.2) is 0 Å². The first-order valence-corrected chi connectivity index (χ1v) is 6.75. The highest BCUT2D eigenvalue weighted by atomic mass is 79.9. The van der Waals surface area contributed by atoms with Crippen molar-refractivity contribution in [3.05, 3.63) is 27.3 Å². The predicted octanol–water partition coefficient (Wildman–Crippen LogP) is 4.23. The molecule has 0 saturated carbocycles. The molecule has 0 spiro atoms. The Balaban J connectivity index is 3.58. The van der Waals surface area contributed by atoms with Gasteiger partial charge in [-0.05, 0) is 51.6 Å². The standard InChI is InChI=1S/C13H19BrClNO/c1-7-8(2)12(17-6)10(9(3)11(7)15)13(14)16(4)5/h13H,1-6H3. The molecule has 0 aliphatic heterocycles. The number of rotatable bonds is 3. The Morgan fingerprint density at radius 2 is 1.65 bits per heavy atom.